The Balaban J connectivity index is 2.65. The summed E-state index contributed by atoms with van der Waals surface area (Å²) in [4.78, 5) is 0. The minimum atomic E-state index is -3.56. The molecule has 0 aromatic heterocycles. The second kappa shape index (κ2) is 6.49. The van der Waals surface area contributed by atoms with Crippen LogP contribution < -0.4 is 4.72 Å². The zero-order chi connectivity index (χ0) is 14.7. The van der Waals surface area contributed by atoms with E-state index in [4.69, 9.17) is 4.74 Å². The van der Waals surface area contributed by atoms with Crippen molar-refractivity contribution in [2.75, 3.05) is 19.6 Å². The van der Waals surface area contributed by atoms with Crippen LogP contribution in [0.2, 0.25) is 0 Å². The zero-order valence-corrected chi connectivity index (χ0v) is 13.0. The lowest BCUT2D eigenvalue weighted by atomic mass is 9.98. The number of nitrogens with zero attached hydrogens (tertiary/aromatic N) is 1. The highest BCUT2D eigenvalue weighted by Crippen LogP contribution is 2.16. The molecule has 0 aliphatic carbocycles. The Morgan fingerprint density at radius 2 is 1.74 bits per heavy atom. The van der Waals surface area contributed by atoms with E-state index >= 15 is 0 Å². The van der Waals surface area contributed by atoms with Crippen molar-refractivity contribution in [1.82, 2.24) is 9.03 Å². The fourth-order valence-corrected chi connectivity index (χ4v) is 3.59. The number of morpholine rings is 1. The molecule has 7 heteroatoms. The first-order chi connectivity index (χ1) is 8.72. The van der Waals surface area contributed by atoms with Gasteiger partial charge in [0.2, 0.25) is 0 Å². The van der Waals surface area contributed by atoms with Gasteiger partial charge in [-0.2, -0.15) is 17.4 Å². The van der Waals surface area contributed by atoms with Crippen LogP contribution in [0.15, 0.2) is 0 Å². The topological polar surface area (TPSA) is 78.9 Å². The van der Waals surface area contributed by atoms with Gasteiger partial charge in [-0.3, -0.25) is 0 Å². The number of nitrogens with one attached hydrogen (secondary N) is 1. The second-order valence-corrected chi connectivity index (χ2v) is 7.09. The zero-order valence-electron chi connectivity index (χ0n) is 12.2. The molecule has 114 valence electrons. The molecule has 1 aliphatic rings. The molecule has 19 heavy (non-hydrogen) atoms. The average molecular weight is 294 g/mol. The summed E-state index contributed by atoms with van der Waals surface area (Å²) in [7, 11) is -3.56. The van der Waals surface area contributed by atoms with Crippen LogP contribution in [-0.2, 0) is 14.9 Å². The molecule has 2 N–H and O–H groups in total. The quantitative estimate of drug-likeness (QED) is 0.747. The molecule has 0 bridgehead atoms. The number of hydrogen-bond acceptors (Lipinski definition) is 4. The van der Waals surface area contributed by atoms with E-state index in [1.165, 1.54) is 4.31 Å². The standard InChI is InChI=1S/C12H26N2O4S/c1-5-12(15,6-2)9-13-19(16,17)14-7-10(3)18-11(4)8-14/h10-11,13,15H,5-9H2,1-4H3. The molecule has 0 radical (unpaired) electrons. The van der Waals surface area contributed by atoms with E-state index in [1.54, 1.807) is 0 Å². The smallest absolute Gasteiger partial charge is 0.279 e. The minimum Gasteiger partial charge on any atom is -0.389 e. The molecule has 0 aromatic rings. The van der Waals surface area contributed by atoms with Gasteiger partial charge in [0.05, 0.1) is 17.8 Å². The van der Waals surface area contributed by atoms with Crippen LogP contribution in [0.5, 0.6) is 0 Å². The van der Waals surface area contributed by atoms with Gasteiger partial charge in [0, 0.05) is 19.6 Å². The summed E-state index contributed by atoms with van der Waals surface area (Å²) < 4.78 is 33.8. The molecule has 0 saturated carbocycles. The molecule has 0 amide bonds. The Kier molecular flexibility index (Phi) is 5.76. The molecule has 2 unspecified atom stereocenters. The first-order valence-corrected chi connectivity index (χ1v) is 8.29. The molecule has 6 nitrogen and oxygen atoms in total. The average Bonchev–Trinajstić information content (AvgIpc) is 2.35. The van der Waals surface area contributed by atoms with Crippen LogP contribution in [0, 0.1) is 0 Å². The Hall–Kier alpha value is -0.210. The fourth-order valence-electron chi connectivity index (χ4n) is 2.14. The summed E-state index contributed by atoms with van der Waals surface area (Å²) in [6.07, 6.45) is 0.803. The van der Waals surface area contributed by atoms with Crippen molar-refractivity contribution in [3.8, 4) is 0 Å². The molecule has 1 heterocycles. The summed E-state index contributed by atoms with van der Waals surface area (Å²) in [6.45, 7) is 8.13. The Morgan fingerprint density at radius 3 is 2.16 bits per heavy atom. The Morgan fingerprint density at radius 1 is 1.26 bits per heavy atom. The van der Waals surface area contributed by atoms with Crippen molar-refractivity contribution < 1.29 is 18.3 Å². The number of ether oxygens (including phenoxy) is 1. The van der Waals surface area contributed by atoms with Gasteiger partial charge in [0.15, 0.2) is 0 Å². The normalized spacial score (nSPS) is 26.6. The predicted molar refractivity (Wildman–Crippen MR) is 74.0 cm³/mol. The third-order valence-corrected chi connectivity index (χ3v) is 5.11. The van der Waals surface area contributed by atoms with E-state index in [0.717, 1.165) is 0 Å². The molecule has 0 spiro atoms. The van der Waals surface area contributed by atoms with Crippen molar-refractivity contribution in [3.63, 3.8) is 0 Å². The molecular weight excluding hydrogens is 268 g/mol. The van der Waals surface area contributed by atoms with E-state index in [-0.39, 0.29) is 18.8 Å². The first-order valence-electron chi connectivity index (χ1n) is 6.85. The molecule has 1 aliphatic heterocycles. The van der Waals surface area contributed by atoms with Crippen LogP contribution in [0.3, 0.4) is 0 Å². The van der Waals surface area contributed by atoms with Gasteiger partial charge < -0.3 is 9.84 Å². The Labute approximate surface area is 116 Å². The third kappa shape index (κ3) is 4.68. The molecule has 1 rings (SSSR count). The van der Waals surface area contributed by atoms with Crippen molar-refractivity contribution >= 4 is 10.2 Å². The highest BCUT2D eigenvalue weighted by atomic mass is 32.2. The van der Waals surface area contributed by atoms with Gasteiger partial charge in [-0.25, -0.2) is 0 Å². The molecule has 2 atom stereocenters. The molecular formula is C12H26N2O4S. The summed E-state index contributed by atoms with van der Waals surface area (Å²) in [6, 6.07) is 0. The number of rotatable bonds is 6. The van der Waals surface area contributed by atoms with Crippen LogP contribution >= 0.6 is 0 Å². The van der Waals surface area contributed by atoms with Crippen LogP contribution in [-0.4, -0.2) is 55.3 Å². The van der Waals surface area contributed by atoms with Crippen molar-refractivity contribution in [1.29, 1.82) is 0 Å². The van der Waals surface area contributed by atoms with E-state index in [1.807, 2.05) is 27.7 Å². The van der Waals surface area contributed by atoms with Gasteiger partial charge in [0.1, 0.15) is 0 Å². The summed E-state index contributed by atoms with van der Waals surface area (Å²) in [5, 5.41) is 10.1. The first kappa shape index (κ1) is 16.8. The van der Waals surface area contributed by atoms with Gasteiger partial charge in [-0.1, -0.05) is 13.8 Å². The highest BCUT2D eigenvalue weighted by molar-refractivity contribution is 7.87. The summed E-state index contributed by atoms with van der Waals surface area (Å²) >= 11 is 0. The monoisotopic (exact) mass is 294 g/mol. The van der Waals surface area contributed by atoms with Crippen LogP contribution in [0.1, 0.15) is 40.5 Å². The SMILES string of the molecule is CCC(O)(CC)CNS(=O)(=O)N1CC(C)OC(C)C1. The molecule has 1 saturated heterocycles. The van der Waals surface area contributed by atoms with E-state index in [9.17, 15) is 13.5 Å². The van der Waals surface area contributed by atoms with Crippen molar-refractivity contribution in [2.45, 2.75) is 58.3 Å². The molecule has 1 fully saturated rings. The fraction of sp³-hybridized carbons (Fsp3) is 1.00. The third-order valence-electron chi connectivity index (χ3n) is 3.63. The predicted octanol–water partition coefficient (Wildman–Crippen LogP) is 0.481. The maximum Gasteiger partial charge on any atom is 0.279 e. The van der Waals surface area contributed by atoms with Crippen molar-refractivity contribution in [2.24, 2.45) is 0 Å². The van der Waals surface area contributed by atoms with E-state index < -0.39 is 15.8 Å². The summed E-state index contributed by atoms with van der Waals surface area (Å²) in [5.74, 6) is 0. The van der Waals surface area contributed by atoms with Crippen molar-refractivity contribution in [3.05, 3.63) is 0 Å². The highest BCUT2D eigenvalue weighted by Gasteiger charge is 2.32. The largest absolute Gasteiger partial charge is 0.389 e. The second-order valence-electron chi connectivity index (χ2n) is 5.33. The van der Waals surface area contributed by atoms with Gasteiger partial charge in [0.25, 0.3) is 10.2 Å². The maximum atomic E-state index is 12.2. The maximum absolute atomic E-state index is 12.2. The lowest BCUT2D eigenvalue weighted by molar-refractivity contribution is -0.0446. The lowest BCUT2D eigenvalue weighted by Crippen LogP contribution is -2.54. The summed E-state index contributed by atoms with van der Waals surface area (Å²) in [5.41, 5.74) is -0.976. The lowest BCUT2D eigenvalue weighted by Gasteiger charge is -2.35. The van der Waals surface area contributed by atoms with E-state index in [0.29, 0.717) is 25.9 Å². The number of aliphatic hydroxyl groups is 1. The van der Waals surface area contributed by atoms with Gasteiger partial charge in [-0.15, -0.1) is 0 Å². The van der Waals surface area contributed by atoms with E-state index in [2.05, 4.69) is 4.72 Å². The van der Waals surface area contributed by atoms with Crippen LogP contribution in [0.25, 0.3) is 0 Å². The number of hydrogen-bond donors (Lipinski definition) is 2. The van der Waals surface area contributed by atoms with Gasteiger partial charge in [-0.05, 0) is 26.7 Å². The van der Waals surface area contributed by atoms with Gasteiger partial charge >= 0.3 is 0 Å². The minimum absolute atomic E-state index is 0.0441. The van der Waals surface area contributed by atoms with Crippen LogP contribution in [0.4, 0.5) is 0 Å². The molecule has 0 aromatic carbocycles. The Bertz CT molecular complexity index is 371.